The highest BCUT2D eigenvalue weighted by atomic mass is 32.1. The molecule has 4 aromatic rings. The lowest BCUT2D eigenvalue weighted by Gasteiger charge is -2.35. The summed E-state index contributed by atoms with van der Waals surface area (Å²) in [5.74, 6) is 1.01. The van der Waals surface area contributed by atoms with Gasteiger partial charge in [-0.25, -0.2) is 4.98 Å². The smallest absolute Gasteiger partial charge is 0.159 e. The third-order valence-corrected chi connectivity index (χ3v) is 6.85. The fraction of sp³-hybridized carbons (Fsp3) is 0.286. The van der Waals surface area contributed by atoms with Crippen molar-refractivity contribution >= 4 is 39.3 Å². The topological polar surface area (TPSA) is 45.2 Å². The first-order valence-corrected chi connectivity index (χ1v) is 11.3. The van der Waals surface area contributed by atoms with Crippen LogP contribution in [0.1, 0.15) is 11.4 Å². The van der Waals surface area contributed by atoms with E-state index in [4.69, 9.17) is 4.98 Å². The predicted molar refractivity (Wildman–Crippen MR) is 117 cm³/mol. The molecule has 0 saturated carbocycles. The van der Waals surface area contributed by atoms with Gasteiger partial charge in [-0.1, -0.05) is 24.3 Å². The number of anilines is 1. The minimum atomic E-state index is 0.912. The van der Waals surface area contributed by atoms with Crippen LogP contribution in [-0.4, -0.2) is 46.3 Å². The number of hydrogen-bond acceptors (Lipinski definition) is 7. The molecular formula is C21H21N5S2. The van der Waals surface area contributed by atoms with Crippen LogP contribution in [0.15, 0.2) is 46.5 Å². The number of fused-ring (bicyclic) bond motifs is 1. The van der Waals surface area contributed by atoms with Gasteiger partial charge in [-0.2, -0.15) is 16.4 Å². The van der Waals surface area contributed by atoms with Crippen molar-refractivity contribution < 1.29 is 0 Å². The zero-order valence-electron chi connectivity index (χ0n) is 15.7. The van der Waals surface area contributed by atoms with Crippen LogP contribution in [0.25, 0.3) is 21.3 Å². The minimum Gasteiger partial charge on any atom is -0.352 e. The number of thiazole rings is 1. The SMILES string of the molecule is Cc1nnc(N2CCN(Cc3csc(-c4ccsc4)n3)CC2)c2ccccc12. The average Bonchev–Trinajstić information content (AvgIpc) is 3.41. The first kappa shape index (κ1) is 17.7. The second-order valence-electron chi connectivity index (χ2n) is 7.07. The van der Waals surface area contributed by atoms with Crippen LogP contribution in [-0.2, 0) is 6.54 Å². The van der Waals surface area contributed by atoms with Crippen LogP contribution < -0.4 is 4.90 Å². The first-order chi connectivity index (χ1) is 13.8. The second-order valence-corrected chi connectivity index (χ2v) is 8.71. The molecule has 0 aliphatic carbocycles. The van der Waals surface area contributed by atoms with Crippen LogP contribution in [0.2, 0.25) is 0 Å². The molecule has 0 radical (unpaired) electrons. The number of aryl methyl sites for hydroxylation is 1. The average molecular weight is 408 g/mol. The monoisotopic (exact) mass is 407 g/mol. The molecule has 7 heteroatoms. The zero-order valence-corrected chi connectivity index (χ0v) is 17.3. The molecule has 142 valence electrons. The van der Waals surface area contributed by atoms with E-state index in [-0.39, 0.29) is 0 Å². The van der Waals surface area contributed by atoms with Gasteiger partial charge >= 0.3 is 0 Å². The molecule has 0 unspecified atom stereocenters. The van der Waals surface area contributed by atoms with Crippen molar-refractivity contribution in [3.63, 3.8) is 0 Å². The number of nitrogens with zero attached hydrogens (tertiary/aromatic N) is 5. The summed E-state index contributed by atoms with van der Waals surface area (Å²) in [6.07, 6.45) is 0. The van der Waals surface area contributed by atoms with Gasteiger partial charge in [0.1, 0.15) is 5.01 Å². The van der Waals surface area contributed by atoms with E-state index >= 15 is 0 Å². The molecule has 28 heavy (non-hydrogen) atoms. The largest absolute Gasteiger partial charge is 0.352 e. The first-order valence-electron chi connectivity index (χ1n) is 9.44. The van der Waals surface area contributed by atoms with Gasteiger partial charge in [0.2, 0.25) is 0 Å². The van der Waals surface area contributed by atoms with E-state index in [0.717, 1.165) is 49.2 Å². The number of hydrogen-bond donors (Lipinski definition) is 0. The van der Waals surface area contributed by atoms with Crippen LogP contribution in [0.4, 0.5) is 5.82 Å². The van der Waals surface area contributed by atoms with Gasteiger partial charge < -0.3 is 4.90 Å². The Morgan fingerprint density at radius 3 is 2.57 bits per heavy atom. The maximum atomic E-state index is 4.82. The van der Waals surface area contributed by atoms with Crippen molar-refractivity contribution in [1.29, 1.82) is 0 Å². The van der Waals surface area contributed by atoms with Gasteiger partial charge in [-0.05, 0) is 18.4 Å². The van der Waals surface area contributed by atoms with Crippen LogP contribution >= 0.6 is 22.7 Å². The summed E-state index contributed by atoms with van der Waals surface area (Å²) in [6, 6.07) is 10.6. The van der Waals surface area contributed by atoms with E-state index in [2.05, 4.69) is 66.5 Å². The fourth-order valence-corrected chi connectivity index (χ4v) is 5.23. The lowest BCUT2D eigenvalue weighted by molar-refractivity contribution is 0.247. The Hall–Kier alpha value is -2.35. The molecule has 0 N–H and O–H groups in total. The van der Waals surface area contributed by atoms with Gasteiger partial charge in [0.15, 0.2) is 5.82 Å². The molecule has 5 nitrogen and oxygen atoms in total. The molecular weight excluding hydrogens is 386 g/mol. The highest BCUT2D eigenvalue weighted by Crippen LogP contribution is 2.28. The molecule has 1 aliphatic rings. The van der Waals surface area contributed by atoms with E-state index in [1.54, 1.807) is 22.7 Å². The van der Waals surface area contributed by atoms with E-state index in [0.29, 0.717) is 0 Å². The summed E-state index contributed by atoms with van der Waals surface area (Å²) >= 11 is 3.45. The molecule has 1 aliphatic heterocycles. The van der Waals surface area contributed by atoms with Crippen LogP contribution in [0.5, 0.6) is 0 Å². The molecule has 3 aromatic heterocycles. The summed E-state index contributed by atoms with van der Waals surface area (Å²) in [5.41, 5.74) is 3.39. The standard InChI is InChI=1S/C21H21N5S2/c1-15-18-4-2-3-5-19(18)20(24-23-15)26-9-7-25(8-10-26)12-17-14-28-21(22-17)16-6-11-27-13-16/h2-6,11,13-14H,7-10,12H2,1H3. The molecule has 1 aromatic carbocycles. The summed E-state index contributed by atoms with van der Waals surface area (Å²) in [6.45, 7) is 6.88. The van der Waals surface area contributed by atoms with Gasteiger partial charge in [0.05, 0.1) is 11.4 Å². The lowest BCUT2D eigenvalue weighted by Crippen LogP contribution is -2.46. The fourth-order valence-electron chi connectivity index (χ4n) is 3.70. The van der Waals surface area contributed by atoms with Crippen molar-refractivity contribution in [2.45, 2.75) is 13.5 Å². The van der Waals surface area contributed by atoms with Gasteiger partial charge in [-0.15, -0.1) is 16.4 Å². The maximum Gasteiger partial charge on any atom is 0.159 e. The van der Waals surface area contributed by atoms with Crippen molar-refractivity contribution in [3.05, 3.63) is 57.9 Å². The number of aromatic nitrogens is 3. The van der Waals surface area contributed by atoms with Crippen molar-refractivity contribution in [2.24, 2.45) is 0 Å². The quantitative estimate of drug-likeness (QED) is 0.500. The number of piperazine rings is 1. The summed E-state index contributed by atoms with van der Waals surface area (Å²) in [4.78, 5) is 9.67. The maximum absolute atomic E-state index is 4.82. The van der Waals surface area contributed by atoms with Gasteiger partial charge in [0.25, 0.3) is 0 Å². The molecule has 5 rings (SSSR count). The Bertz CT molecular complexity index is 1080. The summed E-state index contributed by atoms with van der Waals surface area (Å²) in [7, 11) is 0. The van der Waals surface area contributed by atoms with Crippen LogP contribution in [0.3, 0.4) is 0 Å². The van der Waals surface area contributed by atoms with Crippen molar-refractivity contribution in [3.8, 4) is 10.6 Å². The van der Waals surface area contributed by atoms with Gasteiger partial charge in [-0.3, -0.25) is 4.90 Å². The van der Waals surface area contributed by atoms with Crippen LogP contribution in [0, 0.1) is 6.92 Å². The molecule has 0 atom stereocenters. The van der Waals surface area contributed by atoms with E-state index in [1.165, 1.54) is 22.0 Å². The third kappa shape index (κ3) is 3.41. The lowest BCUT2D eigenvalue weighted by atomic mass is 10.1. The second kappa shape index (κ2) is 7.58. The van der Waals surface area contributed by atoms with Crippen molar-refractivity contribution in [1.82, 2.24) is 20.1 Å². The predicted octanol–water partition coefficient (Wildman–Crippen LogP) is 4.45. The molecule has 0 amide bonds. The Balaban J connectivity index is 1.27. The number of rotatable bonds is 4. The van der Waals surface area contributed by atoms with Gasteiger partial charge in [0, 0.05) is 59.8 Å². The summed E-state index contributed by atoms with van der Waals surface area (Å²) in [5, 5.41) is 18.9. The molecule has 0 spiro atoms. The van der Waals surface area contributed by atoms with Crippen molar-refractivity contribution in [2.75, 3.05) is 31.1 Å². The highest BCUT2D eigenvalue weighted by molar-refractivity contribution is 7.14. The molecule has 4 heterocycles. The van der Waals surface area contributed by atoms with E-state index < -0.39 is 0 Å². The Morgan fingerprint density at radius 1 is 0.964 bits per heavy atom. The summed E-state index contributed by atoms with van der Waals surface area (Å²) < 4.78 is 0. The molecule has 0 bridgehead atoms. The minimum absolute atomic E-state index is 0.912. The highest BCUT2D eigenvalue weighted by Gasteiger charge is 2.21. The zero-order chi connectivity index (χ0) is 18.9. The number of benzene rings is 1. The normalized spacial score (nSPS) is 15.4. The van der Waals surface area contributed by atoms with E-state index in [9.17, 15) is 0 Å². The number of thiophene rings is 1. The third-order valence-electron chi connectivity index (χ3n) is 5.23. The Morgan fingerprint density at radius 2 is 1.79 bits per heavy atom. The Kier molecular flexibility index (Phi) is 4.80. The molecule has 1 fully saturated rings. The Labute approximate surface area is 172 Å². The molecule has 1 saturated heterocycles. The van der Waals surface area contributed by atoms with E-state index in [1.807, 2.05) is 6.92 Å².